The predicted molar refractivity (Wildman–Crippen MR) is 168 cm³/mol. The van der Waals surface area contributed by atoms with Crippen LogP contribution in [0.4, 0.5) is 5.69 Å². The van der Waals surface area contributed by atoms with Crippen LogP contribution in [0.15, 0.2) is 47.5 Å². The number of aliphatic imine (C=N–C) groups is 1. The zero-order valence-electron chi connectivity index (χ0n) is 24.5. The lowest BCUT2D eigenvalue weighted by Crippen LogP contribution is -2.57. The van der Waals surface area contributed by atoms with Gasteiger partial charge in [0.25, 0.3) is 5.91 Å². The first-order valence-electron chi connectivity index (χ1n) is 14.8. The first kappa shape index (κ1) is 30.1. The molecule has 6 rings (SSSR count). The van der Waals surface area contributed by atoms with Gasteiger partial charge in [0.1, 0.15) is 0 Å². The molecule has 6 atom stereocenters. The molecule has 2 aromatic carbocycles. The molecule has 2 aromatic rings. The summed E-state index contributed by atoms with van der Waals surface area (Å²) in [5.74, 6) is 2.71. The van der Waals surface area contributed by atoms with E-state index in [0.717, 1.165) is 55.1 Å². The zero-order valence-corrected chi connectivity index (χ0v) is 26.0. The van der Waals surface area contributed by atoms with E-state index < -0.39 is 6.04 Å². The molecule has 0 spiro atoms. The zero-order chi connectivity index (χ0) is 29.3. The number of benzene rings is 2. The molecule has 4 aliphatic rings. The summed E-state index contributed by atoms with van der Waals surface area (Å²) in [6.45, 7) is 11.9. The van der Waals surface area contributed by atoms with Gasteiger partial charge < -0.3 is 26.0 Å². The molecule has 2 bridgehead atoms. The van der Waals surface area contributed by atoms with Crippen molar-refractivity contribution in [1.29, 1.82) is 0 Å². The Bertz CT molecular complexity index is 1270. The number of guanidine groups is 1. The standard InChI is InChI=1S/C32H43Cl2N5O2/c1-19-17-39(12-11-35-19)31(38-29-15-23-14-27(20(29)2)32(23,3)4)37-25-9-6-21(7-10-25)30(41)36-26(18-40)13-22-5-8-24(33)16-28(22)34/h5-10,16,19-20,23,26-27,29,35,40H,11-15,17-18H2,1-4H3,(H,36,41)(H,37,38)/t19-,20-,23+,26-,27-,29-/m0/s1. The smallest absolute Gasteiger partial charge is 0.251 e. The highest BCUT2D eigenvalue weighted by molar-refractivity contribution is 6.35. The van der Waals surface area contributed by atoms with Crippen LogP contribution < -0.4 is 16.0 Å². The van der Waals surface area contributed by atoms with Crippen molar-refractivity contribution in [2.45, 2.75) is 65.1 Å². The number of nitrogens with one attached hydrogen (secondary N) is 3. The van der Waals surface area contributed by atoms with Gasteiger partial charge in [0.05, 0.1) is 18.7 Å². The fourth-order valence-electron chi connectivity index (χ4n) is 6.98. The van der Waals surface area contributed by atoms with E-state index in [1.165, 1.54) is 6.42 Å². The lowest BCUT2D eigenvalue weighted by atomic mass is 9.45. The van der Waals surface area contributed by atoms with Gasteiger partial charge in [0, 0.05) is 47.0 Å². The van der Waals surface area contributed by atoms with E-state index in [1.54, 1.807) is 24.3 Å². The lowest BCUT2D eigenvalue weighted by molar-refractivity contribution is -0.108. The number of halogens is 2. The van der Waals surface area contributed by atoms with Crippen LogP contribution in [-0.2, 0) is 6.42 Å². The minimum Gasteiger partial charge on any atom is -0.394 e. The molecule has 9 heteroatoms. The number of rotatable bonds is 7. The Kier molecular flexibility index (Phi) is 9.19. The van der Waals surface area contributed by atoms with E-state index in [1.807, 2.05) is 18.2 Å². The van der Waals surface area contributed by atoms with Crippen molar-refractivity contribution in [3.05, 3.63) is 63.6 Å². The molecule has 1 heterocycles. The Morgan fingerprint density at radius 2 is 1.93 bits per heavy atom. The van der Waals surface area contributed by atoms with Gasteiger partial charge in [-0.15, -0.1) is 0 Å². The van der Waals surface area contributed by atoms with Crippen LogP contribution in [0, 0.1) is 23.2 Å². The van der Waals surface area contributed by atoms with E-state index >= 15 is 0 Å². The Balaban J connectivity index is 1.27. The van der Waals surface area contributed by atoms with Gasteiger partial charge >= 0.3 is 0 Å². The molecule has 4 N–H and O–H groups in total. The van der Waals surface area contributed by atoms with Crippen LogP contribution in [-0.4, -0.2) is 66.2 Å². The second-order valence-corrected chi connectivity index (χ2v) is 13.6. The normalized spacial score (nSPS) is 28.0. The molecule has 41 heavy (non-hydrogen) atoms. The summed E-state index contributed by atoms with van der Waals surface area (Å²) < 4.78 is 0. The van der Waals surface area contributed by atoms with E-state index in [2.05, 4.69) is 48.5 Å². The second kappa shape index (κ2) is 12.5. The quantitative estimate of drug-likeness (QED) is 0.251. The summed E-state index contributed by atoms with van der Waals surface area (Å²) in [6.07, 6.45) is 2.88. The Labute approximate surface area is 254 Å². The van der Waals surface area contributed by atoms with Crippen LogP contribution in [0.1, 0.15) is 56.5 Å². The molecule has 0 radical (unpaired) electrons. The number of anilines is 1. The van der Waals surface area contributed by atoms with Crippen molar-refractivity contribution < 1.29 is 9.90 Å². The summed E-state index contributed by atoms with van der Waals surface area (Å²) in [5, 5.41) is 21.0. The van der Waals surface area contributed by atoms with Crippen LogP contribution >= 0.6 is 23.2 Å². The molecule has 1 saturated heterocycles. The monoisotopic (exact) mass is 599 g/mol. The summed E-state index contributed by atoms with van der Waals surface area (Å²) in [6, 6.07) is 12.9. The molecule has 1 aliphatic heterocycles. The maximum absolute atomic E-state index is 13.0. The second-order valence-electron chi connectivity index (χ2n) is 12.8. The van der Waals surface area contributed by atoms with E-state index in [-0.39, 0.29) is 12.5 Å². The molecular weight excluding hydrogens is 557 g/mol. The molecule has 1 amide bonds. The number of carbonyl (C=O) groups excluding carboxylic acids is 1. The van der Waals surface area contributed by atoms with Crippen molar-refractivity contribution in [2.24, 2.45) is 28.2 Å². The molecule has 0 aromatic heterocycles. The fourth-order valence-corrected chi connectivity index (χ4v) is 7.47. The maximum Gasteiger partial charge on any atom is 0.251 e. The number of fused-ring (bicyclic) bond motifs is 2. The van der Waals surface area contributed by atoms with Crippen LogP contribution in [0.25, 0.3) is 0 Å². The van der Waals surface area contributed by atoms with Crippen LogP contribution in [0.2, 0.25) is 10.0 Å². The number of amides is 1. The molecular formula is C32H43Cl2N5O2. The molecule has 4 fully saturated rings. The first-order valence-corrected chi connectivity index (χ1v) is 15.6. The SMILES string of the molecule is C[C@@H]1[C@@H](N=C(Nc2ccc(C(=O)N[C@H](CO)Cc3ccc(Cl)cc3Cl)cc2)N2CCN[C@@H](C)C2)C[C@H]2C[C@@H]1C2(C)C. The van der Waals surface area contributed by atoms with Crippen molar-refractivity contribution in [3.8, 4) is 0 Å². The minimum atomic E-state index is -0.471. The number of aliphatic hydroxyl groups excluding tert-OH is 1. The number of aliphatic hydroxyl groups is 1. The molecule has 3 saturated carbocycles. The maximum atomic E-state index is 13.0. The lowest BCUT2D eigenvalue weighted by Gasteiger charge is -2.61. The third-order valence-electron chi connectivity index (χ3n) is 9.71. The predicted octanol–water partition coefficient (Wildman–Crippen LogP) is 5.46. The highest BCUT2D eigenvalue weighted by atomic mass is 35.5. The topological polar surface area (TPSA) is 89.0 Å². The Morgan fingerprint density at radius 3 is 2.56 bits per heavy atom. The third-order valence-corrected chi connectivity index (χ3v) is 10.3. The van der Waals surface area contributed by atoms with Gasteiger partial charge in [-0.3, -0.25) is 4.79 Å². The summed E-state index contributed by atoms with van der Waals surface area (Å²) in [4.78, 5) is 20.7. The summed E-state index contributed by atoms with van der Waals surface area (Å²) >= 11 is 12.3. The average Bonchev–Trinajstić information content (AvgIpc) is 2.94. The van der Waals surface area contributed by atoms with Crippen molar-refractivity contribution >= 4 is 40.8 Å². The van der Waals surface area contributed by atoms with Gasteiger partial charge in [0.2, 0.25) is 0 Å². The molecule has 222 valence electrons. The number of hydrogen-bond acceptors (Lipinski definition) is 4. The van der Waals surface area contributed by atoms with E-state index in [4.69, 9.17) is 28.2 Å². The van der Waals surface area contributed by atoms with E-state index in [9.17, 15) is 9.90 Å². The van der Waals surface area contributed by atoms with Crippen LogP contribution in [0.3, 0.4) is 0 Å². The number of carbonyl (C=O) groups is 1. The third kappa shape index (κ3) is 6.69. The van der Waals surface area contributed by atoms with Crippen LogP contribution in [0.5, 0.6) is 0 Å². The Hall–Kier alpha value is -2.32. The fraction of sp³-hybridized carbons (Fsp3) is 0.562. The molecule has 0 unspecified atom stereocenters. The van der Waals surface area contributed by atoms with Crippen molar-refractivity contribution in [1.82, 2.24) is 15.5 Å². The van der Waals surface area contributed by atoms with E-state index in [0.29, 0.717) is 45.4 Å². The van der Waals surface area contributed by atoms with Crippen molar-refractivity contribution in [2.75, 3.05) is 31.6 Å². The summed E-state index contributed by atoms with van der Waals surface area (Å²) in [5.41, 5.74) is 2.66. The Morgan fingerprint density at radius 1 is 1.17 bits per heavy atom. The highest BCUT2D eigenvalue weighted by Crippen LogP contribution is 2.61. The molecule has 3 aliphatic carbocycles. The largest absolute Gasteiger partial charge is 0.394 e. The van der Waals surface area contributed by atoms with Gasteiger partial charge in [-0.05, 0) is 91.3 Å². The van der Waals surface area contributed by atoms with Gasteiger partial charge in [-0.1, -0.05) is 50.0 Å². The average molecular weight is 601 g/mol. The van der Waals surface area contributed by atoms with Gasteiger partial charge in [-0.25, -0.2) is 4.99 Å². The molecule has 7 nitrogen and oxygen atoms in total. The minimum absolute atomic E-state index is 0.203. The van der Waals surface area contributed by atoms with Gasteiger partial charge in [-0.2, -0.15) is 0 Å². The number of hydrogen-bond donors (Lipinski definition) is 4. The van der Waals surface area contributed by atoms with Crippen molar-refractivity contribution in [3.63, 3.8) is 0 Å². The van der Waals surface area contributed by atoms with Gasteiger partial charge in [0.15, 0.2) is 5.96 Å². The number of nitrogens with zero attached hydrogens (tertiary/aromatic N) is 2. The summed E-state index contributed by atoms with van der Waals surface area (Å²) in [7, 11) is 0. The highest BCUT2D eigenvalue weighted by Gasteiger charge is 2.56. The number of piperazine rings is 1. The first-order chi connectivity index (χ1) is 19.5.